The summed E-state index contributed by atoms with van der Waals surface area (Å²) in [5.74, 6) is -0.814. The van der Waals surface area contributed by atoms with E-state index in [-0.39, 0.29) is 32.0 Å². The number of allylic oxidation sites excluding steroid dienone is 6. The Balaban J connectivity index is 4.35. The average Bonchev–Trinajstić information content (AvgIpc) is 3.16. The summed E-state index contributed by atoms with van der Waals surface area (Å²) in [7, 11) is 1.47. The van der Waals surface area contributed by atoms with Crippen LogP contribution in [0.4, 0.5) is 0 Å². The zero-order valence-electron chi connectivity index (χ0n) is 37.6. The quantitative estimate of drug-likeness (QED) is 0.0213. The van der Waals surface area contributed by atoms with Gasteiger partial charge in [0.15, 0.2) is 6.10 Å². The topological polar surface area (TPSA) is 108 Å². The van der Waals surface area contributed by atoms with Crippen LogP contribution in [0.1, 0.15) is 200 Å². The summed E-state index contributed by atoms with van der Waals surface area (Å²) >= 11 is 0. The number of ether oxygens (including phenoxy) is 2. The molecule has 0 rings (SSSR count). The van der Waals surface area contributed by atoms with Crippen LogP contribution in [0, 0.1) is 0 Å². The van der Waals surface area contributed by atoms with Crippen LogP contribution in [-0.4, -0.2) is 74.9 Å². The second-order valence-electron chi connectivity index (χ2n) is 16.8. The van der Waals surface area contributed by atoms with Crippen molar-refractivity contribution >= 4 is 19.8 Å². The fourth-order valence-corrected chi connectivity index (χ4v) is 6.96. The van der Waals surface area contributed by atoms with Crippen molar-refractivity contribution in [1.29, 1.82) is 0 Å². The first-order valence-electron chi connectivity index (χ1n) is 23.2. The number of likely N-dealkylation sites (N-methyl/N-ethyl adjacent to an activating group) is 1. The molecule has 0 heterocycles. The molecule has 0 aromatic carbocycles. The molecular formula is C47H89NO8P+. The summed E-state index contributed by atoms with van der Waals surface area (Å²) in [6.45, 7) is 4.39. The lowest BCUT2D eigenvalue weighted by Crippen LogP contribution is -2.37. The Morgan fingerprint density at radius 2 is 0.947 bits per heavy atom. The van der Waals surface area contributed by atoms with Crippen LogP contribution in [0.15, 0.2) is 36.5 Å². The lowest BCUT2D eigenvalue weighted by molar-refractivity contribution is -0.870. The van der Waals surface area contributed by atoms with Crippen LogP contribution < -0.4 is 0 Å². The first kappa shape index (κ1) is 55.2. The molecule has 9 nitrogen and oxygen atoms in total. The highest BCUT2D eigenvalue weighted by molar-refractivity contribution is 7.47. The van der Waals surface area contributed by atoms with Gasteiger partial charge < -0.3 is 18.9 Å². The number of hydrogen-bond donors (Lipinski definition) is 1. The Morgan fingerprint density at radius 3 is 1.44 bits per heavy atom. The van der Waals surface area contributed by atoms with Crippen LogP contribution in [0.5, 0.6) is 0 Å². The number of carbonyl (C=O) groups excluding carboxylic acids is 2. The number of hydrogen-bond acceptors (Lipinski definition) is 7. The summed E-state index contributed by atoms with van der Waals surface area (Å²) in [4.78, 5) is 35.4. The Morgan fingerprint density at radius 1 is 0.544 bits per heavy atom. The van der Waals surface area contributed by atoms with Crippen molar-refractivity contribution in [1.82, 2.24) is 0 Å². The van der Waals surface area contributed by atoms with Crippen molar-refractivity contribution in [2.24, 2.45) is 0 Å². The van der Waals surface area contributed by atoms with Gasteiger partial charge in [-0.3, -0.25) is 18.6 Å². The molecule has 334 valence electrons. The van der Waals surface area contributed by atoms with Crippen LogP contribution in [-0.2, 0) is 32.7 Å². The van der Waals surface area contributed by atoms with Gasteiger partial charge >= 0.3 is 19.8 Å². The van der Waals surface area contributed by atoms with E-state index in [9.17, 15) is 19.0 Å². The number of quaternary nitrogens is 1. The van der Waals surface area contributed by atoms with Crippen LogP contribution in [0.3, 0.4) is 0 Å². The first-order valence-corrected chi connectivity index (χ1v) is 24.7. The van der Waals surface area contributed by atoms with E-state index >= 15 is 0 Å². The summed E-state index contributed by atoms with van der Waals surface area (Å²) < 4.78 is 34.3. The van der Waals surface area contributed by atoms with E-state index < -0.39 is 26.5 Å². The van der Waals surface area contributed by atoms with Gasteiger partial charge in [0.25, 0.3) is 0 Å². The van der Waals surface area contributed by atoms with Crippen molar-refractivity contribution < 1.29 is 42.1 Å². The Bertz CT molecular complexity index is 1070. The summed E-state index contributed by atoms with van der Waals surface area (Å²) in [6, 6.07) is 0. The van der Waals surface area contributed by atoms with Gasteiger partial charge in [-0.05, 0) is 70.6 Å². The fraction of sp³-hybridized carbons (Fsp3) is 0.830. The van der Waals surface area contributed by atoms with Crippen LogP contribution in [0.25, 0.3) is 0 Å². The van der Waals surface area contributed by atoms with Gasteiger partial charge in [-0.25, -0.2) is 4.57 Å². The smallest absolute Gasteiger partial charge is 0.462 e. The molecule has 0 saturated heterocycles. The predicted molar refractivity (Wildman–Crippen MR) is 238 cm³/mol. The van der Waals surface area contributed by atoms with Crippen molar-refractivity contribution in [2.75, 3.05) is 47.5 Å². The number of nitrogens with zero attached hydrogens (tertiary/aromatic N) is 1. The minimum atomic E-state index is -4.38. The van der Waals surface area contributed by atoms with Gasteiger partial charge in [0, 0.05) is 12.8 Å². The molecule has 0 bridgehead atoms. The van der Waals surface area contributed by atoms with Gasteiger partial charge in [0.05, 0.1) is 27.7 Å². The van der Waals surface area contributed by atoms with Crippen LogP contribution in [0.2, 0.25) is 0 Å². The van der Waals surface area contributed by atoms with Crippen molar-refractivity contribution in [3.05, 3.63) is 36.5 Å². The van der Waals surface area contributed by atoms with E-state index in [4.69, 9.17) is 18.5 Å². The molecule has 0 radical (unpaired) electrons. The third-order valence-electron chi connectivity index (χ3n) is 9.89. The molecule has 57 heavy (non-hydrogen) atoms. The molecule has 10 heteroatoms. The van der Waals surface area contributed by atoms with Crippen molar-refractivity contribution in [3.63, 3.8) is 0 Å². The first-order chi connectivity index (χ1) is 27.5. The maximum absolute atomic E-state index is 12.7. The van der Waals surface area contributed by atoms with E-state index in [0.717, 1.165) is 70.6 Å². The molecule has 1 N–H and O–H groups in total. The lowest BCUT2D eigenvalue weighted by atomic mass is 10.1. The zero-order valence-corrected chi connectivity index (χ0v) is 38.5. The number of rotatable bonds is 42. The van der Waals surface area contributed by atoms with Gasteiger partial charge in [-0.1, -0.05) is 153 Å². The molecular weight excluding hydrogens is 737 g/mol. The van der Waals surface area contributed by atoms with E-state index in [2.05, 4.69) is 50.3 Å². The number of phosphoric ester groups is 1. The van der Waals surface area contributed by atoms with Gasteiger partial charge in [0.2, 0.25) is 0 Å². The van der Waals surface area contributed by atoms with E-state index in [1.165, 1.54) is 96.3 Å². The minimum absolute atomic E-state index is 0.0287. The predicted octanol–water partition coefficient (Wildman–Crippen LogP) is 13.3. The summed E-state index contributed by atoms with van der Waals surface area (Å²) in [6.07, 6.45) is 44.7. The Labute approximate surface area is 351 Å². The monoisotopic (exact) mass is 827 g/mol. The molecule has 0 aliphatic heterocycles. The molecule has 0 aromatic heterocycles. The second-order valence-corrected chi connectivity index (χ2v) is 18.2. The van der Waals surface area contributed by atoms with Crippen LogP contribution >= 0.6 is 7.82 Å². The molecule has 0 spiro atoms. The highest BCUT2D eigenvalue weighted by Gasteiger charge is 2.27. The zero-order chi connectivity index (χ0) is 42.1. The summed E-state index contributed by atoms with van der Waals surface area (Å²) in [5.41, 5.74) is 0. The third-order valence-corrected chi connectivity index (χ3v) is 10.9. The number of carbonyl (C=O) groups is 2. The molecule has 0 aromatic rings. The number of unbranched alkanes of at least 4 members (excludes halogenated alkanes) is 22. The fourth-order valence-electron chi connectivity index (χ4n) is 6.21. The second kappa shape index (κ2) is 39.7. The third kappa shape index (κ3) is 43.6. The minimum Gasteiger partial charge on any atom is -0.462 e. The average molecular weight is 827 g/mol. The highest BCUT2D eigenvalue weighted by Crippen LogP contribution is 2.43. The maximum atomic E-state index is 12.7. The SMILES string of the molecule is CCCCC/C=C\C/C=C\CCCCCCCCCC(=O)O[C@H](COC(=O)CCCCCCC/C=C\CCCCCCCCC)COP(=O)(O)OCC[N+](C)(C)C. The Hall–Kier alpha value is -1.77. The number of esters is 2. The maximum Gasteiger partial charge on any atom is 0.472 e. The van der Waals surface area contributed by atoms with Gasteiger partial charge in [0.1, 0.15) is 19.8 Å². The molecule has 0 fully saturated rings. The molecule has 0 aliphatic rings. The lowest BCUT2D eigenvalue weighted by Gasteiger charge is -2.24. The molecule has 0 saturated carbocycles. The standard InChI is InChI=1S/C47H88NO8P/c1-6-8-10-12-14-16-18-20-22-24-26-28-30-32-34-36-38-40-47(50)56-45(44-55-57(51,52)54-42-41-48(3,4)5)43-53-46(49)39-37-35-33-31-29-27-25-23-21-19-17-15-13-11-9-7-2/h14,16,20,22-23,25,45H,6-13,15,17-19,21,24,26-44H2,1-5H3/p+1/b16-14-,22-20-,25-23-/t45-/m1/s1. The van der Waals surface area contributed by atoms with Gasteiger partial charge in [-0.15, -0.1) is 0 Å². The molecule has 2 atom stereocenters. The van der Waals surface area contributed by atoms with Crippen molar-refractivity contribution in [3.8, 4) is 0 Å². The molecule has 0 aliphatic carbocycles. The number of phosphoric acid groups is 1. The van der Waals surface area contributed by atoms with Gasteiger partial charge in [-0.2, -0.15) is 0 Å². The summed E-state index contributed by atoms with van der Waals surface area (Å²) in [5, 5.41) is 0. The van der Waals surface area contributed by atoms with E-state index in [1.807, 2.05) is 21.1 Å². The normalized spacial score (nSPS) is 13.9. The Kier molecular flexibility index (Phi) is 38.4. The van der Waals surface area contributed by atoms with Crippen molar-refractivity contribution in [2.45, 2.75) is 206 Å². The molecule has 0 amide bonds. The van der Waals surface area contributed by atoms with E-state index in [0.29, 0.717) is 17.4 Å². The molecule has 1 unspecified atom stereocenters. The highest BCUT2D eigenvalue weighted by atomic mass is 31.2. The van der Waals surface area contributed by atoms with E-state index in [1.54, 1.807) is 0 Å². The largest absolute Gasteiger partial charge is 0.472 e.